The molecule has 1 fully saturated rings. The predicted molar refractivity (Wildman–Crippen MR) is 259 cm³/mol. The summed E-state index contributed by atoms with van der Waals surface area (Å²) in [4.78, 5) is 97.8. The maximum absolute atomic E-state index is 13.5. The highest BCUT2D eigenvalue weighted by molar-refractivity contribution is 6.10. The summed E-state index contributed by atoms with van der Waals surface area (Å²) >= 11 is 0. The number of aromatic nitrogens is 5. The largest absolute Gasteiger partial charge is 0.493 e. The normalized spacial score (nSPS) is 13.8. The van der Waals surface area contributed by atoms with E-state index in [0.29, 0.717) is 64.2 Å². The first-order chi connectivity index (χ1) is 33.5. The summed E-state index contributed by atoms with van der Waals surface area (Å²) in [6.45, 7) is 0.878. The zero-order valence-electron chi connectivity index (χ0n) is 39.5. The van der Waals surface area contributed by atoms with E-state index in [2.05, 4.69) is 31.6 Å². The van der Waals surface area contributed by atoms with Crippen LogP contribution in [0.2, 0.25) is 0 Å². The van der Waals surface area contributed by atoms with Gasteiger partial charge < -0.3 is 68.5 Å². The third-order valence-corrected chi connectivity index (χ3v) is 11.9. The van der Waals surface area contributed by atoms with Gasteiger partial charge in [0.15, 0.2) is 11.5 Å². The summed E-state index contributed by atoms with van der Waals surface area (Å²) in [5.41, 5.74) is 3.94. The number of benzene rings is 1. The van der Waals surface area contributed by atoms with Gasteiger partial charge in [0, 0.05) is 91.5 Å². The number of carbonyl (C=O) groups excluding carboxylic acids is 7. The van der Waals surface area contributed by atoms with Crippen LogP contribution in [0.5, 0.6) is 11.5 Å². The van der Waals surface area contributed by atoms with Crippen LogP contribution in [0.15, 0.2) is 78.4 Å². The van der Waals surface area contributed by atoms with Gasteiger partial charge in [-0.2, -0.15) is 0 Å². The quantitative estimate of drug-likeness (QED) is 0.0619. The van der Waals surface area contributed by atoms with Gasteiger partial charge >= 0.3 is 5.97 Å². The molecule has 2 aliphatic rings. The fraction of sp³-hybridized carbons (Fsp3) is 0.292. The molecule has 0 unspecified atom stereocenters. The van der Waals surface area contributed by atoms with Crippen LogP contribution in [0.1, 0.15) is 88.5 Å². The lowest BCUT2D eigenvalue weighted by Gasteiger charge is -2.20. The number of hydrogen-bond donors (Lipinski definition) is 5. The van der Waals surface area contributed by atoms with Crippen LogP contribution in [0.25, 0.3) is 0 Å². The molecule has 0 radical (unpaired) electrons. The van der Waals surface area contributed by atoms with Crippen LogP contribution in [-0.4, -0.2) is 109 Å². The van der Waals surface area contributed by atoms with Crippen LogP contribution >= 0.6 is 0 Å². The highest BCUT2D eigenvalue weighted by atomic mass is 16.5. The highest BCUT2D eigenvalue weighted by Crippen LogP contribution is 2.38. The first-order valence-corrected chi connectivity index (χ1v) is 22.2. The number of rotatable bonds is 16. The first-order valence-electron chi connectivity index (χ1n) is 22.2. The molecule has 8 rings (SSSR count). The molecule has 1 atom stereocenters. The molecular formula is C48H52N12O10. The van der Waals surface area contributed by atoms with Crippen molar-refractivity contribution in [3.63, 3.8) is 0 Å². The number of hydrogen-bond acceptors (Lipinski definition) is 11. The Kier molecular flexibility index (Phi) is 13.5. The second-order valence-electron chi connectivity index (χ2n) is 16.9. The van der Waals surface area contributed by atoms with E-state index >= 15 is 0 Å². The Morgan fingerprint density at radius 2 is 1.04 bits per heavy atom. The number of aryl methyl sites for hydroxylation is 5. The number of ether oxygens (including phenoxy) is 3. The maximum Gasteiger partial charge on any atom is 0.354 e. The van der Waals surface area contributed by atoms with Crippen molar-refractivity contribution in [1.29, 1.82) is 0 Å². The Labute approximate surface area is 401 Å². The Hall–Kier alpha value is -8.82. The monoisotopic (exact) mass is 956 g/mol. The van der Waals surface area contributed by atoms with Crippen LogP contribution in [0.3, 0.4) is 0 Å². The standard InChI is InChI=1S/C48H52N12O10/c1-55-22-27(50-42(61)11-9-13-70-41-20-34-33(19-40(41)68-6)47(66)60-12-8-10-32(60)21-49-34)14-35(55)43(62)51-28-15-36(56(2)23-28)44(63)52-29-16-37(57(3)24-29)45(64)53-30-17-38(58(4)25-30)46(65)54-31-18-39(48(67)69-7)59(5)26-31/h14-26,32H,8-13H2,1-7H3,(H,50,61)(H,51,62)(H,52,63)(H,53,64)(H,54,65)/t32-/m0/s1. The Bertz CT molecular complexity index is 3110. The van der Waals surface area contributed by atoms with Gasteiger partial charge in [0.2, 0.25) is 5.91 Å². The van der Waals surface area contributed by atoms with Gasteiger partial charge in [-0.15, -0.1) is 0 Å². The van der Waals surface area contributed by atoms with Gasteiger partial charge in [0.05, 0.1) is 66.6 Å². The molecule has 5 N–H and O–H groups in total. The number of fused-ring (bicyclic) bond motifs is 2. The van der Waals surface area contributed by atoms with Gasteiger partial charge in [-0.25, -0.2) is 4.79 Å². The zero-order chi connectivity index (χ0) is 50.0. The molecule has 1 aromatic carbocycles. The second-order valence-corrected chi connectivity index (χ2v) is 16.9. The molecule has 6 aromatic rings. The number of carbonyl (C=O) groups is 7. The van der Waals surface area contributed by atoms with E-state index in [-0.39, 0.29) is 59.4 Å². The molecular weight excluding hydrogens is 905 g/mol. The van der Waals surface area contributed by atoms with Gasteiger partial charge in [-0.1, -0.05) is 0 Å². The molecule has 6 amide bonds. The summed E-state index contributed by atoms with van der Waals surface area (Å²) in [5.74, 6) is -2.07. The Balaban J connectivity index is 0.812. The van der Waals surface area contributed by atoms with Crippen molar-refractivity contribution in [3.8, 4) is 11.5 Å². The number of amides is 6. The lowest BCUT2D eigenvalue weighted by Crippen LogP contribution is -2.35. The molecule has 5 aromatic heterocycles. The van der Waals surface area contributed by atoms with E-state index in [4.69, 9.17) is 14.2 Å². The molecule has 0 spiro atoms. The van der Waals surface area contributed by atoms with Gasteiger partial charge in [-0.05, 0) is 55.7 Å². The molecule has 364 valence electrons. The molecule has 0 aliphatic carbocycles. The van der Waals surface area contributed by atoms with E-state index in [1.54, 1.807) is 104 Å². The number of anilines is 5. The fourth-order valence-electron chi connectivity index (χ4n) is 8.41. The number of nitrogens with one attached hydrogen (secondary N) is 5. The molecule has 22 nitrogen and oxygen atoms in total. The van der Waals surface area contributed by atoms with E-state index < -0.39 is 29.6 Å². The number of methoxy groups -OCH3 is 2. The van der Waals surface area contributed by atoms with E-state index in [0.717, 1.165) is 12.8 Å². The lowest BCUT2D eigenvalue weighted by molar-refractivity contribution is -0.116. The third kappa shape index (κ3) is 10.1. The minimum Gasteiger partial charge on any atom is -0.493 e. The van der Waals surface area contributed by atoms with Crippen molar-refractivity contribution in [2.45, 2.75) is 31.7 Å². The SMILES string of the molecule is COC(=O)c1cc(NC(=O)c2cc(NC(=O)c3cc(NC(=O)c4cc(NC(=O)c5cc(NC(=O)CCCOc6cc7c(cc6OC)C(=O)N6CCC[C@H]6C=N7)cn5C)cn4C)cn3C)cn2C)cn1C. The minimum atomic E-state index is -0.551. The minimum absolute atomic E-state index is 0.0238. The average Bonchev–Trinajstić information content (AvgIpc) is 4.19. The van der Waals surface area contributed by atoms with Crippen LogP contribution < -0.4 is 36.1 Å². The van der Waals surface area contributed by atoms with Crippen molar-refractivity contribution >= 4 is 81.8 Å². The molecule has 70 heavy (non-hydrogen) atoms. The third-order valence-electron chi connectivity index (χ3n) is 11.9. The van der Waals surface area contributed by atoms with Crippen molar-refractivity contribution in [2.75, 3.05) is 54.0 Å². The smallest absolute Gasteiger partial charge is 0.354 e. The summed E-state index contributed by atoms with van der Waals surface area (Å²) < 4.78 is 24.0. The number of nitrogens with zero attached hydrogens (tertiary/aromatic N) is 7. The maximum atomic E-state index is 13.5. The fourth-order valence-corrected chi connectivity index (χ4v) is 8.41. The Morgan fingerprint density at radius 3 is 1.50 bits per heavy atom. The topological polar surface area (TPSA) is 248 Å². The average molecular weight is 957 g/mol. The Morgan fingerprint density at radius 1 is 0.600 bits per heavy atom. The molecule has 2 aliphatic heterocycles. The molecule has 0 bridgehead atoms. The van der Waals surface area contributed by atoms with Crippen molar-refractivity contribution in [2.24, 2.45) is 40.2 Å². The van der Waals surface area contributed by atoms with Crippen molar-refractivity contribution < 1.29 is 47.8 Å². The van der Waals surface area contributed by atoms with Gasteiger partial charge in [0.1, 0.15) is 28.5 Å². The van der Waals surface area contributed by atoms with Crippen molar-refractivity contribution in [3.05, 3.63) is 107 Å². The summed E-state index contributed by atoms with van der Waals surface area (Å²) in [7, 11) is 11.0. The van der Waals surface area contributed by atoms with E-state index in [1.807, 2.05) is 4.90 Å². The first kappa shape index (κ1) is 47.7. The van der Waals surface area contributed by atoms with E-state index in [1.165, 1.54) is 47.6 Å². The summed E-state index contributed by atoms with van der Waals surface area (Å²) in [6.07, 6.45) is 12.0. The lowest BCUT2D eigenvalue weighted by atomic mass is 10.1. The van der Waals surface area contributed by atoms with Crippen LogP contribution in [-0.2, 0) is 44.8 Å². The number of aliphatic imine (C=N–C) groups is 1. The highest BCUT2D eigenvalue weighted by Gasteiger charge is 2.33. The van der Waals surface area contributed by atoms with Crippen LogP contribution in [0, 0.1) is 0 Å². The second kappa shape index (κ2) is 19.8. The zero-order valence-corrected chi connectivity index (χ0v) is 39.5. The summed E-state index contributed by atoms with van der Waals surface area (Å²) in [6, 6.07) is 10.9. The number of esters is 1. The predicted octanol–water partition coefficient (Wildman–Crippen LogP) is 5.30. The van der Waals surface area contributed by atoms with Gasteiger partial charge in [0.25, 0.3) is 29.5 Å². The summed E-state index contributed by atoms with van der Waals surface area (Å²) in [5, 5.41) is 13.9. The van der Waals surface area contributed by atoms with Crippen LogP contribution in [0.4, 0.5) is 34.1 Å². The molecule has 7 heterocycles. The van der Waals surface area contributed by atoms with E-state index in [9.17, 15) is 33.6 Å². The molecule has 22 heteroatoms. The molecule has 0 saturated carbocycles. The van der Waals surface area contributed by atoms with Gasteiger partial charge in [-0.3, -0.25) is 33.8 Å². The van der Waals surface area contributed by atoms with Crippen molar-refractivity contribution in [1.82, 2.24) is 27.7 Å². The molecule has 1 saturated heterocycles.